The lowest BCUT2D eigenvalue weighted by molar-refractivity contribution is 0.337. The second-order valence-electron chi connectivity index (χ2n) is 4.61. The molecule has 2 aromatic rings. The van der Waals surface area contributed by atoms with Crippen molar-refractivity contribution in [1.82, 2.24) is 4.98 Å². The molecule has 1 aromatic heterocycles. The van der Waals surface area contributed by atoms with Gasteiger partial charge >= 0.3 is 0 Å². The minimum absolute atomic E-state index is 0.441. The Labute approximate surface area is 124 Å². The Kier molecular flexibility index (Phi) is 5.24. The molecule has 0 aliphatic rings. The lowest BCUT2D eigenvalue weighted by Crippen LogP contribution is -2.02. The summed E-state index contributed by atoms with van der Waals surface area (Å²) in [6.07, 6.45) is 3.73. The zero-order valence-electron chi connectivity index (χ0n) is 11.8. The maximum Gasteiger partial charge on any atom is 0.123 e. The Morgan fingerprint density at radius 3 is 2.80 bits per heavy atom. The molecule has 2 rings (SSSR count). The summed E-state index contributed by atoms with van der Waals surface area (Å²) in [4.78, 5) is 4.19. The number of alkyl halides is 1. The molecular formula is C16H19ClN2O. The molecule has 0 amide bonds. The smallest absolute Gasteiger partial charge is 0.123 e. The number of hydrogen-bond acceptors (Lipinski definition) is 3. The number of benzene rings is 1. The van der Waals surface area contributed by atoms with E-state index in [0.29, 0.717) is 12.5 Å². The van der Waals surface area contributed by atoms with E-state index in [4.69, 9.17) is 16.3 Å². The molecule has 20 heavy (non-hydrogen) atoms. The zero-order valence-corrected chi connectivity index (χ0v) is 12.6. The lowest BCUT2D eigenvalue weighted by atomic mass is 10.2. The summed E-state index contributed by atoms with van der Waals surface area (Å²) >= 11 is 5.96. The second kappa shape index (κ2) is 7.15. The molecule has 0 bridgehead atoms. The fraction of sp³-hybridized carbons (Fsp3) is 0.312. The van der Waals surface area contributed by atoms with Crippen LogP contribution in [0.3, 0.4) is 0 Å². The van der Waals surface area contributed by atoms with Gasteiger partial charge in [-0.25, -0.2) is 0 Å². The number of rotatable bonds is 6. The number of halogens is 1. The van der Waals surface area contributed by atoms with E-state index in [1.807, 2.05) is 44.4 Å². The van der Waals surface area contributed by atoms with Gasteiger partial charge in [0.25, 0.3) is 0 Å². The SMILES string of the molecule is CCOc1ccc(NCc2cncc(C)c2)cc1CCl. The van der Waals surface area contributed by atoms with Crippen LogP contribution in [-0.2, 0) is 12.4 Å². The fourth-order valence-electron chi connectivity index (χ4n) is 2.01. The van der Waals surface area contributed by atoms with Crippen molar-refractivity contribution in [2.75, 3.05) is 11.9 Å². The van der Waals surface area contributed by atoms with Crippen LogP contribution in [-0.4, -0.2) is 11.6 Å². The van der Waals surface area contributed by atoms with Crippen LogP contribution in [0.4, 0.5) is 5.69 Å². The average molecular weight is 291 g/mol. The van der Waals surface area contributed by atoms with Crippen molar-refractivity contribution in [2.45, 2.75) is 26.3 Å². The van der Waals surface area contributed by atoms with Crippen LogP contribution in [0.15, 0.2) is 36.7 Å². The van der Waals surface area contributed by atoms with Crippen LogP contribution in [0.5, 0.6) is 5.75 Å². The zero-order chi connectivity index (χ0) is 14.4. The average Bonchev–Trinajstić information content (AvgIpc) is 2.46. The van der Waals surface area contributed by atoms with Crippen LogP contribution < -0.4 is 10.1 Å². The maximum atomic E-state index is 5.96. The number of nitrogens with one attached hydrogen (secondary N) is 1. The molecule has 1 heterocycles. The Balaban J connectivity index is 2.06. The monoisotopic (exact) mass is 290 g/mol. The number of aryl methyl sites for hydroxylation is 1. The predicted octanol–water partition coefficient (Wildman–Crippen LogP) is 4.14. The molecule has 0 saturated carbocycles. The Morgan fingerprint density at radius 1 is 1.25 bits per heavy atom. The van der Waals surface area contributed by atoms with Crippen molar-refractivity contribution in [1.29, 1.82) is 0 Å². The van der Waals surface area contributed by atoms with Gasteiger partial charge in [0, 0.05) is 30.2 Å². The summed E-state index contributed by atoms with van der Waals surface area (Å²) in [6, 6.07) is 8.11. The first-order valence-electron chi connectivity index (χ1n) is 6.69. The molecule has 0 atom stereocenters. The highest BCUT2D eigenvalue weighted by Gasteiger charge is 2.04. The first-order valence-corrected chi connectivity index (χ1v) is 7.22. The molecule has 0 fully saturated rings. The second-order valence-corrected chi connectivity index (χ2v) is 4.88. The number of ether oxygens (including phenoxy) is 1. The van der Waals surface area contributed by atoms with Gasteiger partial charge in [0.05, 0.1) is 12.5 Å². The van der Waals surface area contributed by atoms with E-state index in [1.54, 1.807) is 0 Å². The third kappa shape index (κ3) is 3.87. The molecule has 3 nitrogen and oxygen atoms in total. The first-order chi connectivity index (χ1) is 9.72. The van der Waals surface area contributed by atoms with Gasteiger partial charge in [-0.15, -0.1) is 11.6 Å². The van der Waals surface area contributed by atoms with Gasteiger partial charge in [-0.1, -0.05) is 6.07 Å². The Hall–Kier alpha value is -1.74. The van der Waals surface area contributed by atoms with Crippen molar-refractivity contribution in [3.63, 3.8) is 0 Å². The lowest BCUT2D eigenvalue weighted by Gasteiger charge is -2.12. The van der Waals surface area contributed by atoms with Gasteiger partial charge in [0.2, 0.25) is 0 Å². The fourth-order valence-corrected chi connectivity index (χ4v) is 2.22. The summed E-state index contributed by atoms with van der Waals surface area (Å²) in [5.41, 5.74) is 4.36. The van der Waals surface area contributed by atoms with Crippen molar-refractivity contribution in [2.24, 2.45) is 0 Å². The van der Waals surface area contributed by atoms with Crippen molar-refractivity contribution in [3.05, 3.63) is 53.3 Å². The largest absolute Gasteiger partial charge is 0.494 e. The molecule has 1 N–H and O–H groups in total. The molecule has 4 heteroatoms. The van der Waals surface area contributed by atoms with E-state index in [0.717, 1.165) is 34.7 Å². The summed E-state index contributed by atoms with van der Waals surface area (Å²) in [7, 11) is 0. The summed E-state index contributed by atoms with van der Waals surface area (Å²) < 4.78 is 5.54. The molecule has 106 valence electrons. The molecule has 0 spiro atoms. The Morgan fingerprint density at radius 2 is 2.10 bits per heavy atom. The van der Waals surface area contributed by atoms with E-state index in [1.165, 1.54) is 0 Å². The van der Waals surface area contributed by atoms with E-state index in [2.05, 4.69) is 16.4 Å². The van der Waals surface area contributed by atoms with Gasteiger partial charge in [-0.2, -0.15) is 0 Å². The normalized spacial score (nSPS) is 10.3. The van der Waals surface area contributed by atoms with Gasteiger partial charge < -0.3 is 10.1 Å². The highest BCUT2D eigenvalue weighted by Crippen LogP contribution is 2.24. The minimum atomic E-state index is 0.441. The number of pyridine rings is 1. The molecule has 0 unspecified atom stereocenters. The van der Waals surface area contributed by atoms with Gasteiger partial charge in [-0.05, 0) is 43.2 Å². The van der Waals surface area contributed by atoms with E-state index >= 15 is 0 Å². The highest BCUT2D eigenvalue weighted by molar-refractivity contribution is 6.17. The van der Waals surface area contributed by atoms with Crippen LogP contribution in [0.25, 0.3) is 0 Å². The van der Waals surface area contributed by atoms with Crippen LogP contribution in [0.2, 0.25) is 0 Å². The van der Waals surface area contributed by atoms with Crippen LogP contribution in [0.1, 0.15) is 23.6 Å². The maximum absolute atomic E-state index is 5.96. The molecule has 0 radical (unpaired) electrons. The number of nitrogens with zero attached hydrogens (tertiary/aromatic N) is 1. The summed E-state index contributed by atoms with van der Waals surface area (Å²) in [6.45, 7) is 5.39. The molecule has 0 aliphatic carbocycles. The van der Waals surface area contributed by atoms with Gasteiger partial charge in [0.15, 0.2) is 0 Å². The van der Waals surface area contributed by atoms with Crippen molar-refractivity contribution < 1.29 is 4.74 Å². The molecule has 0 saturated heterocycles. The van der Waals surface area contributed by atoms with Crippen molar-refractivity contribution >= 4 is 17.3 Å². The number of anilines is 1. The molecule has 0 aliphatic heterocycles. The van der Waals surface area contributed by atoms with Crippen molar-refractivity contribution in [3.8, 4) is 5.75 Å². The minimum Gasteiger partial charge on any atom is -0.494 e. The van der Waals surface area contributed by atoms with Crippen LogP contribution >= 0.6 is 11.6 Å². The predicted molar refractivity (Wildman–Crippen MR) is 83.5 cm³/mol. The highest BCUT2D eigenvalue weighted by atomic mass is 35.5. The van der Waals surface area contributed by atoms with Crippen LogP contribution in [0, 0.1) is 6.92 Å². The van der Waals surface area contributed by atoms with E-state index in [9.17, 15) is 0 Å². The molecule has 1 aromatic carbocycles. The number of aromatic nitrogens is 1. The summed E-state index contributed by atoms with van der Waals surface area (Å²) in [5, 5.41) is 3.38. The topological polar surface area (TPSA) is 34.1 Å². The van der Waals surface area contributed by atoms with Gasteiger partial charge in [-0.3, -0.25) is 4.98 Å². The van der Waals surface area contributed by atoms with E-state index < -0.39 is 0 Å². The first kappa shape index (κ1) is 14.7. The van der Waals surface area contributed by atoms with Gasteiger partial charge in [0.1, 0.15) is 5.75 Å². The Bertz CT molecular complexity index is 572. The quantitative estimate of drug-likeness (QED) is 0.812. The standard InChI is InChI=1S/C16H19ClN2O/c1-3-20-16-5-4-15(7-14(16)8-17)19-11-13-6-12(2)9-18-10-13/h4-7,9-10,19H,3,8,11H2,1-2H3. The van der Waals surface area contributed by atoms with E-state index in [-0.39, 0.29) is 0 Å². The molecular weight excluding hydrogens is 272 g/mol. The third-order valence-electron chi connectivity index (χ3n) is 2.93. The summed E-state index contributed by atoms with van der Waals surface area (Å²) in [5.74, 6) is 1.29. The number of hydrogen-bond donors (Lipinski definition) is 1. The third-order valence-corrected chi connectivity index (χ3v) is 3.22.